The Morgan fingerprint density at radius 2 is 1.88 bits per heavy atom. The number of aryl methyl sites for hydroxylation is 2. The summed E-state index contributed by atoms with van der Waals surface area (Å²) in [5.41, 5.74) is 2.28. The van der Waals surface area contributed by atoms with Gasteiger partial charge in [-0.15, -0.1) is 23.7 Å². The van der Waals surface area contributed by atoms with Crippen molar-refractivity contribution in [1.29, 1.82) is 0 Å². The van der Waals surface area contributed by atoms with Crippen LogP contribution in [0.3, 0.4) is 0 Å². The lowest BCUT2D eigenvalue weighted by Gasteiger charge is -2.26. The van der Waals surface area contributed by atoms with E-state index in [9.17, 15) is 4.79 Å². The van der Waals surface area contributed by atoms with E-state index in [-0.39, 0.29) is 18.2 Å². The van der Waals surface area contributed by atoms with Crippen LogP contribution in [0.1, 0.15) is 46.5 Å². The molecule has 1 aliphatic rings. The fourth-order valence-corrected chi connectivity index (χ4v) is 4.24. The second kappa shape index (κ2) is 10.7. The molecule has 3 nitrogen and oxygen atoms in total. The molecule has 2 heterocycles. The number of piperidine rings is 1. The van der Waals surface area contributed by atoms with Gasteiger partial charge in [-0.3, -0.25) is 9.69 Å². The molecule has 1 fully saturated rings. The average molecular weight is 394 g/mol. The van der Waals surface area contributed by atoms with Crippen molar-refractivity contribution < 1.29 is 9.53 Å². The number of likely N-dealkylation sites (tertiary alicyclic amines) is 1. The molecule has 0 N–H and O–H groups in total. The first-order valence-corrected chi connectivity index (χ1v) is 10.1. The maximum absolute atomic E-state index is 12.6. The lowest BCUT2D eigenvalue weighted by molar-refractivity contribution is 0.0982. The molecule has 1 aromatic heterocycles. The van der Waals surface area contributed by atoms with Crippen molar-refractivity contribution in [2.75, 3.05) is 26.2 Å². The number of carbonyl (C=O) groups excluding carboxylic acids is 1. The number of Topliss-reactive ketones (excluding diaryl/α,β-unsaturated/α-hetero) is 1. The molecule has 1 aromatic carbocycles. The third kappa shape index (κ3) is 5.83. The van der Waals surface area contributed by atoms with Crippen molar-refractivity contribution in [3.05, 3.63) is 51.7 Å². The van der Waals surface area contributed by atoms with Crippen LogP contribution in [-0.2, 0) is 6.42 Å². The normalized spacial score (nSPS) is 14.7. The zero-order valence-electron chi connectivity index (χ0n) is 15.4. The minimum atomic E-state index is 0. The van der Waals surface area contributed by atoms with Crippen LogP contribution in [0.5, 0.6) is 5.75 Å². The first kappa shape index (κ1) is 20.9. The number of thiophene rings is 1. The van der Waals surface area contributed by atoms with Gasteiger partial charge in [0.1, 0.15) is 17.2 Å². The maximum Gasteiger partial charge on any atom is 0.176 e. The van der Waals surface area contributed by atoms with Gasteiger partial charge in [0.25, 0.3) is 0 Å². The van der Waals surface area contributed by atoms with E-state index < -0.39 is 0 Å². The third-order valence-corrected chi connectivity index (χ3v) is 5.88. The van der Waals surface area contributed by atoms with Gasteiger partial charge in [-0.1, -0.05) is 36.8 Å². The summed E-state index contributed by atoms with van der Waals surface area (Å²) >= 11 is 1.52. The number of rotatable bonds is 8. The summed E-state index contributed by atoms with van der Waals surface area (Å²) in [6.07, 6.45) is 5.25. The number of halogens is 1. The predicted octanol–water partition coefficient (Wildman–Crippen LogP) is 5.16. The van der Waals surface area contributed by atoms with E-state index in [4.69, 9.17) is 4.74 Å². The molecule has 0 bridgehead atoms. The summed E-state index contributed by atoms with van der Waals surface area (Å²) in [5.74, 6) is 0.995. The van der Waals surface area contributed by atoms with Crippen molar-refractivity contribution >= 4 is 29.5 Å². The predicted molar refractivity (Wildman–Crippen MR) is 111 cm³/mol. The Bertz CT molecular complexity index is 681. The minimum Gasteiger partial charge on any atom is -0.490 e. The Labute approximate surface area is 166 Å². The number of nitrogens with zero attached hydrogens (tertiary/aromatic N) is 1. The second-order valence-electron chi connectivity index (χ2n) is 6.74. The van der Waals surface area contributed by atoms with Gasteiger partial charge in [0.2, 0.25) is 0 Å². The molecule has 0 saturated carbocycles. The van der Waals surface area contributed by atoms with E-state index in [0.717, 1.165) is 29.2 Å². The molecule has 142 valence electrons. The fourth-order valence-electron chi connectivity index (χ4n) is 3.28. The molecule has 1 saturated heterocycles. The number of hydrogen-bond donors (Lipinski definition) is 0. The molecule has 26 heavy (non-hydrogen) atoms. The first-order chi connectivity index (χ1) is 12.2. The van der Waals surface area contributed by atoms with Gasteiger partial charge in [0, 0.05) is 18.5 Å². The van der Waals surface area contributed by atoms with Crippen LogP contribution in [0.25, 0.3) is 0 Å². The molecule has 0 radical (unpaired) electrons. The monoisotopic (exact) mass is 393 g/mol. The van der Waals surface area contributed by atoms with Crippen LogP contribution in [-0.4, -0.2) is 36.9 Å². The quantitative estimate of drug-likeness (QED) is 0.580. The Morgan fingerprint density at radius 1 is 1.15 bits per heavy atom. The number of carbonyl (C=O) groups is 1. The highest BCUT2D eigenvalue weighted by Crippen LogP contribution is 2.31. The molecule has 0 amide bonds. The van der Waals surface area contributed by atoms with E-state index in [1.165, 1.54) is 49.3 Å². The molecule has 2 aromatic rings. The van der Waals surface area contributed by atoms with Crippen LogP contribution < -0.4 is 4.74 Å². The van der Waals surface area contributed by atoms with Gasteiger partial charge >= 0.3 is 0 Å². The topological polar surface area (TPSA) is 29.5 Å². The summed E-state index contributed by atoms with van der Waals surface area (Å²) < 4.78 is 6.03. The van der Waals surface area contributed by atoms with Crippen LogP contribution in [0.4, 0.5) is 0 Å². The SMILES string of the molecule is Cc1csc(C(=O)CCc2ccccc2)c1OCCN1CCCCC1.Cl. The first-order valence-electron chi connectivity index (χ1n) is 9.24. The van der Waals surface area contributed by atoms with E-state index in [2.05, 4.69) is 17.0 Å². The lowest BCUT2D eigenvalue weighted by Crippen LogP contribution is -2.33. The average Bonchev–Trinajstić information content (AvgIpc) is 3.02. The zero-order chi connectivity index (χ0) is 17.5. The molecule has 1 aliphatic heterocycles. The van der Waals surface area contributed by atoms with Crippen LogP contribution >= 0.6 is 23.7 Å². The zero-order valence-corrected chi connectivity index (χ0v) is 17.0. The van der Waals surface area contributed by atoms with Crippen LogP contribution in [0, 0.1) is 6.92 Å². The van der Waals surface area contributed by atoms with Crippen molar-refractivity contribution in [2.45, 2.75) is 39.0 Å². The largest absolute Gasteiger partial charge is 0.490 e. The molecule has 0 atom stereocenters. The summed E-state index contributed by atoms with van der Waals surface area (Å²) in [6.45, 7) is 5.99. The van der Waals surface area contributed by atoms with E-state index in [1.54, 1.807) is 0 Å². The smallest absolute Gasteiger partial charge is 0.176 e. The molecule has 0 spiro atoms. The van der Waals surface area contributed by atoms with Crippen LogP contribution in [0.2, 0.25) is 0 Å². The minimum absolute atomic E-state index is 0. The van der Waals surface area contributed by atoms with Crippen molar-refractivity contribution in [3.8, 4) is 5.75 Å². The van der Waals surface area contributed by atoms with Gasteiger partial charge in [-0.25, -0.2) is 0 Å². The standard InChI is InChI=1S/C21H27NO2S.ClH/c1-17-16-25-21(19(23)11-10-18-8-4-2-5-9-18)20(17)24-15-14-22-12-6-3-7-13-22;/h2,4-5,8-9,16H,3,6-7,10-15H2,1H3;1H. The van der Waals surface area contributed by atoms with Gasteiger partial charge in [-0.2, -0.15) is 0 Å². The fraction of sp³-hybridized carbons (Fsp3) is 0.476. The van der Waals surface area contributed by atoms with Crippen molar-refractivity contribution in [2.24, 2.45) is 0 Å². The van der Waals surface area contributed by atoms with Gasteiger partial charge in [0.15, 0.2) is 5.78 Å². The van der Waals surface area contributed by atoms with Gasteiger partial charge in [0.05, 0.1) is 0 Å². The van der Waals surface area contributed by atoms with E-state index >= 15 is 0 Å². The van der Waals surface area contributed by atoms with Crippen molar-refractivity contribution in [3.63, 3.8) is 0 Å². The van der Waals surface area contributed by atoms with E-state index in [1.807, 2.05) is 30.5 Å². The molecule has 5 heteroatoms. The molecular weight excluding hydrogens is 366 g/mol. The number of hydrogen-bond acceptors (Lipinski definition) is 4. The van der Waals surface area contributed by atoms with E-state index in [0.29, 0.717) is 13.0 Å². The summed E-state index contributed by atoms with van der Waals surface area (Å²) in [7, 11) is 0. The van der Waals surface area contributed by atoms with Gasteiger partial charge in [-0.05, 0) is 50.2 Å². The Balaban J connectivity index is 0.00000243. The number of benzene rings is 1. The maximum atomic E-state index is 12.6. The lowest BCUT2D eigenvalue weighted by atomic mass is 10.1. The van der Waals surface area contributed by atoms with Crippen LogP contribution in [0.15, 0.2) is 35.7 Å². The number of ether oxygens (including phenoxy) is 1. The highest BCUT2D eigenvalue weighted by atomic mass is 35.5. The molecule has 0 unspecified atom stereocenters. The summed E-state index contributed by atoms with van der Waals surface area (Å²) in [4.78, 5) is 15.9. The Morgan fingerprint density at radius 3 is 2.62 bits per heavy atom. The Hall–Kier alpha value is -1.36. The highest BCUT2D eigenvalue weighted by molar-refractivity contribution is 7.12. The Kier molecular flexibility index (Phi) is 8.63. The second-order valence-corrected chi connectivity index (χ2v) is 7.62. The molecule has 3 rings (SSSR count). The summed E-state index contributed by atoms with van der Waals surface area (Å²) in [6, 6.07) is 10.2. The van der Waals surface area contributed by atoms with Gasteiger partial charge < -0.3 is 4.74 Å². The van der Waals surface area contributed by atoms with Crippen molar-refractivity contribution in [1.82, 2.24) is 4.90 Å². The highest BCUT2D eigenvalue weighted by Gasteiger charge is 2.18. The molecular formula is C21H28ClNO2S. The third-order valence-electron chi connectivity index (χ3n) is 4.76. The number of ketones is 1. The molecule has 0 aliphatic carbocycles. The summed E-state index contributed by atoms with van der Waals surface area (Å²) in [5, 5.41) is 2.03.